The van der Waals surface area contributed by atoms with E-state index in [9.17, 15) is 9.50 Å². The lowest BCUT2D eigenvalue weighted by molar-refractivity contribution is 0.0669. The number of rotatable bonds is 6. The highest BCUT2D eigenvalue weighted by Crippen LogP contribution is 2.16. The van der Waals surface area contributed by atoms with E-state index < -0.39 is 6.10 Å². The number of likely N-dealkylation sites (N-methyl/N-ethyl adjacent to an activating group) is 1. The van der Waals surface area contributed by atoms with Crippen LogP contribution >= 0.6 is 15.9 Å². The number of benzene rings is 1. The molecule has 5 heteroatoms. The van der Waals surface area contributed by atoms with Crippen LogP contribution in [0.5, 0.6) is 0 Å². The number of aliphatic hydroxyl groups is 2. The van der Waals surface area contributed by atoms with Crippen molar-refractivity contribution in [2.24, 2.45) is 0 Å². The van der Waals surface area contributed by atoms with Crippen LogP contribution in [-0.2, 0) is 6.42 Å². The summed E-state index contributed by atoms with van der Waals surface area (Å²) in [6.07, 6.45) is -0.174. The number of halogens is 2. The Kier molecular flexibility index (Phi) is 6.05. The first kappa shape index (κ1) is 14.6. The van der Waals surface area contributed by atoms with Crippen molar-refractivity contribution in [3.63, 3.8) is 0 Å². The summed E-state index contributed by atoms with van der Waals surface area (Å²) in [6.45, 7) is 0.756. The molecule has 0 aromatic heterocycles. The molecule has 1 aromatic carbocycles. The van der Waals surface area contributed by atoms with E-state index in [4.69, 9.17) is 5.11 Å². The second-order valence-corrected chi connectivity index (χ2v) is 5.00. The van der Waals surface area contributed by atoms with Gasteiger partial charge in [-0.1, -0.05) is 15.9 Å². The molecule has 1 rings (SSSR count). The van der Waals surface area contributed by atoms with Crippen LogP contribution < -0.4 is 0 Å². The second kappa shape index (κ2) is 7.06. The molecule has 0 aliphatic heterocycles. The molecule has 0 amide bonds. The lowest BCUT2D eigenvalue weighted by Crippen LogP contribution is -2.32. The zero-order valence-electron chi connectivity index (χ0n) is 9.74. The van der Waals surface area contributed by atoms with E-state index >= 15 is 0 Å². The van der Waals surface area contributed by atoms with Gasteiger partial charge in [0.05, 0.1) is 12.7 Å². The minimum absolute atomic E-state index is 0.218. The molecule has 0 aliphatic rings. The van der Waals surface area contributed by atoms with Crippen molar-refractivity contribution in [3.05, 3.63) is 34.1 Å². The van der Waals surface area contributed by atoms with Crippen LogP contribution in [0.2, 0.25) is 0 Å². The molecule has 0 bridgehead atoms. The summed E-state index contributed by atoms with van der Waals surface area (Å²) < 4.78 is 14.3. The maximum Gasteiger partial charge on any atom is 0.126 e. The van der Waals surface area contributed by atoms with Gasteiger partial charge in [0.1, 0.15) is 5.82 Å². The fraction of sp³-hybridized carbons (Fsp3) is 0.500. The van der Waals surface area contributed by atoms with Gasteiger partial charge in [0, 0.05) is 17.6 Å². The zero-order valence-corrected chi connectivity index (χ0v) is 11.3. The Hall–Kier alpha value is -0.490. The standard InChI is InChI=1S/C12H17BrFNO2/c1-15(7-11(17)8-16)5-4-9-6-10(13)2-3-12(9)14/h2-3,6,11,16-17H,4-5,7-8H2,1H3. The minimum Gasteiger partial charge on any atom is -0.394 e. The van der Waals surface area contributed by atoms with Crippen molar-refractivity contribution in [2.75, 3.05) is 26.7 Å². The SMILES string of the molecule is CN(CCc1cc(Br)ccc1F)CC(O)CO. The summed E-state index contributed by atoms with van der Waals surface area (Å²) in [7, 11) is 1.83. The van der Waals surface area contributed by atoms with Gasteiger partial charge >= 0.3 is 0 Å². The van der Waals surface area contributed by atoms with Crippen molar-refractivity contribution >= 4 is 15.9 Å². The topological polar surface area (TPSA) is 43.7 Å². The molecule has 3 nitrogen and oxygen atoms in total. The van der Waals surface area contributed by atoms with Gasteiger partial charge in [-0.2, -0.15) is 0 Å². The van der Waals surface area contributed by atoms with Crippen LogP contribution in [0.25, 0.3) is 0 Å². The maximum absolute atomic E-state index is 13.4. The first-order valence-corrected chi connectivity index (χ1v) is 6.23. The van der Waals surface area contributed by atoms with Gasteiger partial charge in [0.2, 0.25) is 0 Å². The van der Waals surface area contributed by atoms with Gasteiger partial charge in [-0.05, 0) is 37.2 Å². The average molecular weight is 306 g/mol. The molecule has 2 N–H and O–H groups in total. The fourth-order valence-electron chi connectivity index (χ4n) is 1.56. The Balaban J connectivity index is 2.47. The van der Waals surface area contributed by atoms with E-state index in [1.54, 1.807) is 12.1 Å². The molecule has 1 unspecified atom stereocenters. The molecule has 1 atom stereocenters. The Morgan fingerprint density at radius 2 is 2.18 bits per heavy atom. The van der Waals surface area contributed by atoms with Gasteiger partial charge < -0.3 is 15.1 Å². The lowest BCUT2D eigenvalue weighted by atomic mass is 10.1. The highest BCUT2D eigenvalue weighted by Gasteiger charge is 2.08. The van der Waals surface area contributed by atoms with Crippen LogP contribution in [0, 0.1) is 5.82 Å². The molecular weight excluding hydrogens is 289 g/mol. The maximum atomic E-state index is 13.4. The summed E-state index contributed by atoms with van der Waals surface area (Å²) in [5.74, 6) is -0.218. The molecule has 96 valence electrons. The smallest absolute Gasteiger partial charge is 0.126 e. The summed E-state index contributed by atoms with van der Waals surface area (Å²) in [5.41, 5.74) is 0.643. The van der Waals surface area contributed by atoms with E-state index in [1.165, 1.54) is 6.07 Å². The molecule has 0 fully saturated rings. The van der Waals surface area contributed by atoms with Crippen LogP contribution in [0.1, 0.15) is 5.56 Å². The van der Waals surface area contributed by atoms with E-state index in [2.05, 4.69) is 15.9 Å². The van der Waals surface area contributed by atoms with Crippen molar-refractivity contribution in [1.29, 1.82) is 0 Å². The van der Waals surface area contributed by atoms with E-state index in [0.717, 1.165) is 4.47 Å². The summed E-state index contributed by atoms with van der Waals surface area (Å²) in [6, 6.07) is 4.85. The molecule has 0 radical (unpaired) electrons. The molecule has 0 aliphatic carbocycles. The van der Waals surface area contributed by atoms with Crippen LogP contribution in [0.3, 0.4) is 0 Å². The summed E-state index contributed by atoms with van der Waals surface area (Å²) in [5, 5.41) is 18.0. The van der Waals surface area contributed by atoms with Crippen LogP contribution in [0.4, 0.5) is 4.39 Å². The van der Waals surface area contributed by atoms with E-state index in [-0.39, 0.29) is 12.4 Å². The van der Waals surface area contributed by atoms with E-state index in [1.807, 2.05) is 11.9 Å². The van der Waals surface area contributed by atoms with Gasteiger partial charge in [-0.15, -0.1) is 0 Å². The second-order valence-electron chi connectivity index (χ2n) is 4.08. The molecule has 0 saturated carbocycles. The Bertz CT molecular complexity index is 362. The predicted octanol–water partition coefficient (Wildman–Crippen LogP) is 1.42. The monoisotopic (exact) mass is 305 g/mol. The fourth-order valence-corrected chi connectivity index (χ4v) is 1.96. The average Bonchev–Trinajstić information content (AvgIpc) is 2.30. The van der Waals surface area contributed by atoms with Crippen molar-refractivity contribution in [2.45, 2.75) is 12.5 Å². The number of hydrogen-bond acceptors (Lipinski definition) is 3. The Morgan fingerprint density at radius 3 is 2.82 bits per heavy atom. The Morgan fingerprint density at radius 1 is 1.47 bits per heavy atom. The zero-order chi connectivity index (χ0) is 12.8. The van der Waals surface area contributed by atoms with Crippen molar-refractivity contribution < 1.29 is 14.6 Å². The lowest BCUT2D eigenvalue weighted by Gasteiger charge is -2.19. The van der Waals surface area contributed by atoms with Crippen LogP contribution in [0.15, 0.2) is 22.7 Å². The molecule has 17 heavy (non-hydrogen) atoms. The highest BCUT2D eigenvalue weighted by molar-refractivity contribution is 9.10. The number of hydrogen-bond donors (Lipinski definition) is 2. The molecule has 0 saturated heterocycles. The summed E-state index contributed by atoms with van der Waals surface area (Å²) >= 11 is 3.30. The van der Waals surface area contributed by atoms with Crippen LogP contribution in [-0.4, -0.2) is 48.0 Å². The van der Waals surface area contributed by atoms with Gasteiger partial charge in [0.25, 0.3) is 0 Å². The van der Waals surface area contributed by atoms with Crippen molar-refractivity contribution in [3.8, 4) is 0 Å². The third kappa shape index (κ3) is 5.12. The minimum atomic E-state index is -0.743. The number of nitrogens with zero attached hydrogens (tertiary/aromatic N) is 1. The van der Waals surface area contributed by atoms with E-state index in [0.29, 0.717) is 25.1 Å². The third-order valence-corrected chi connectivity index (χ3v) is 3.00. The normalized spacial score (nSPS) is 13.1. The quantitative estimate of drug-likeness (QED) is 0.835. The van der Waals surface area contributed by atoms with Gasteiger partial charge in [-0.3, -0.25) is 0 Å². The molecular formula is C12H17BrFNO2. The molecule has 0 heterocycles. The first-order valence-electron chi connectivity index (χ1n) is 5.44. The summed E-state index contributed by atoms with van der Waals surface area (Å²) in [4.78, 5) is 1.86. The largest absolute Gasteiger partial charge is 0.394 e. The number of aliphatic hydroxyl groups excluding tert-OH is 2. The first-order chi connectivity index (χ1) is 8.02. The molecule has 0 spiro atoms. The Labute approximate surface area is 109 Å². The molecule has 1 aromatic rings. The van der Waals surface area contributed by atoms with Crippen molar-refractivity contribution in [1.82, 2.24) is 4.90 Å². The third-order valence-electron chi connectivity index (χ3n) is 2.50. The van der Waals surface area contributed by atoms with Gasteiger partial charge in [-0.25, -0.2) is 4.39 Å². The highest BCUT2D eigenvalue weighted by atomic mass is 79.9. The predicted molar refractivity (Wildman–Crippen MR) is 68.4 cm³/mol. The van der Waals surface area contributed by atoms with Gasteiger partial charge in [0.15, 0.2) is 0 Å².